The third-order valence-corrected chi connectivity index (χ3v) is 6.27. The molecular weight excluding hydrogens is 372 g/mol. The van der Waals surface area contributed by atoms with Crippen molar-refractivity contribution in [2.75, 3.05) is 0 Å². The molecule has 1 aromatic carbocycles. The average molecular weight is 399 g/mol. The lowest BCUT2D eigenvalue weighted by Gasteiger charge is -2.24. The summed E-state index contributed by atoms with van der Waals surface area (Å²) in [5.41, 5.74) is 6.78. The molecule has 3 aromatic rings. The van der Waals surface area contributed by atoms with Crippen LogP contribution in [-0.2, 0) is 24.2 Å². The highest BCUT2D eigenvalue weighted by Crippen LogP contribution is 2.37. The highest BCUT2D eigenvalue weighted by molar-refractivity contribution is 6.35. The van der Waals surface area contributed by atoms with Gasteiger partial charge in [0.25, 0.3) is 0 Å². The number of para-hydroxylation sites is 1. The molecule has 4 rings (SSSR count). The lowest BCUT2D eigenvalue weighted by Crippen LogP contribution is -2.31. The number of hydrogen-bond acceptors (Lipinski definition) is 2. The van der Waals surface area contributed by atoms with E-state index in [4.69, 9.17) is 11.6 Å². The molecule has 0 spiro atoms. The summed E-state index contributed by atoms with van der Waals surface area (Å²) < 4.78 is 2.00. The van der Waals surface area contributed by atoms with Crippen LogP contribution in [0.4, 0.5) is 0 Å². The number of carbonyl (C=O) groups is 1. The van der Waals surface area contributed by atoms with Crippen LogP contribution in [-0.4, -0.2) is 20.7 Å². The smallest absolute Gasteiger partial charge is 0.220 e. The van der Waals surface area contributed by atoms with Gasteiger partial charge in [-0.2, -0.15) is 5.10 Å². The van der Waals surface area contributed by atoms with Gasteiger partial charge < -0.3 is 10.3 Å². The molecule has 1 atom stereocenters. The molecule has 0 bridgehead atoms. The van der Waals surface area contributed by atoms with Gasteiger partial charge in [-0.1, -0.05) is 23.7 Å². The van der Waals surface area contributed by atoms with Crippen molar-refractivity contribution < 1.29 is 4.79 Å². The number of aromatic amines is 1. The van der Waals surface area contributed by atoms with Crippen LogP contribution in [0.25, 0.3) is 10.9 Å². The topological polar surface area (TPSA) is 62.7 Å². The fourth-order valence-corrected chi connectivity index (χ4v) is 4.73. The monoisotopic (exact) mass is 398 g/mol. The summed E-state index contributed by atoms with van der Waals surface area (Å²) >= 11 is 6.36. The first-order valence-corrected chi connectivity index (χ1v) is 10.5. The van der Waals surface area contributed by atoms with E-state index in [9.17, 15) is 4.79 Å². The van der Waals surface area contributed by atoms with Crippen molar-refractivity contribution in [2.45, 2.75) is 65.5 Å². The molecule has 0 fully saturated rings. The van der Waals surface area contributed by atoms with Gasteiger partial charge in [-0.3, -0.25) is 9.48 Å². The molecule has 148 valence electrons. The Morgan fingerprint density at radius 2 is 2.21 bits per heavy atom. The molecule has 2 N–H and O–H groups in total. The number of rotatable bonds is 5. The van der Waals surface area contributed by atoms with E-state index in [2.05, 4.69) is 35.3 Å². The highest BCUT2D eigenvalue weighted by Gasteiger charge is 2.26. The number of halogens is 1. The van der Waals surface area contributed by atoms with E-state index in [1.165, 1.54) is 16.5 Å². The van der Waals surface area contributed by atoms with Crippen LogP contribution < -0.4 is 5.32 Å². The first kappa shape index (κ1) is 19.1. The molecule has 2 heterocycles. The molecule has 0 saturated carbocycles. The van der Waals surface area contributed by atoms with Gasteiger partial charge in [0.2, 0.25) is 5.91 Å². The van der Waals surface area contributed by atoms with E-state index < -0.39 is 0 Å². The number of benzene rings is 1. The number of fused-ring (bicyclic) bond motifs is 3. The zero-order valence-corrected chi connectivity index (χ0v) is 17.5. The van der Waals surface area contributed by atoms with Gasteiger partial charge in [-0.05, 0) is 63.6 Å². The third-order valence-electron chi connectivity index (χ3n) is 5.96. The maximum atomic E-state index is 12.7. The summed E-state index contributed by atoms with van der Waals surface area (Å²) in [6.07, 6.45) is 4.25. The molecule has 1 aliphatic rings. The molecule has 6 heteroatoms. The van der Waals surface area contributed by atoms with E-state index in [-0.39, 0.29) is 11.9 Å². The van der Waals surface area contributed by atoms with Crippen LogP contribution in [0.2, 0.25) is 5.02 Å². The second kappa shape index (κ2) is 7.63. The fourth-order valence-electron chi connectivity index (χ4n) is 4.50. The number of nitrogens with one attached hydrogen (secondary N) is 2. The molecule has 0 saturated heterocycles. The predicted molar refractivity (Wildman–Crippen MR) is 113 cm³/mol. The van der Waals surface area contributed by atoms with Gasteiger partial charge in [-0.25, -0.2) is 0 Å². The maximum absolute atomic E-state index is 12.7. The standard InChI is InChI=1S/C22H27ClN4O/c1-4-27-14(3)15(13(2)26-27)11-12-20(28)24-19-10-6-8-17-16-7-5-9-18(23)21(16)25-22(17)19/h5,7,9,19,25H,4,6,8,10-12H2,1-3H3,(H,24,28)/t19-/m1/s1. The van der Waals surface area contributed by atoms with Crippen LogP contribution in [0, 0.1) is 13.8 Å². The molecule has 0 radical (unpaired) electrons. The summed E-state index contributed by atoms with van der Waals surface area (Å²) in [4.78, 5) is 16.2. The minimum atomic E-state index is 0.0280. The number of aryl methyl sites for hydroxylation is 3. The molecular formula is C22H27ClN4O. The Kier molecular flexibility index (Phi) is 5.19. The van der Waals surface area contributed by atoms with Gasteiger partial charge >= 0.3 is 0 Å². The van der Waals surface area contributed by atoms with E-state index >= 15 is 0 Å². The van der Waals surface area contributed by atoms with Gasteiger partial charge in [0.05, 0.1) is 22.3 Å². The lowest BCUT2D eigenvalue weighted by molar-refractivity contribution is -0.121. The Labute approximate surface area is 170 Å². The molecule has 5 nitrogen and oxygen atoms in total. The summed E-state index contributed by atoms with van der Waals surface area (Å²) in [5, 5.41) is 9.71. The summed E-state index contributed by atoms with van der Waals surface area (Å²) in [6, 6.07) is 6.03. The Morgan fingerprint density at radius 1 is 1.39 bits per heavy atom. The first-order valence-electron chi connectivity index (χ1n) is 10.1. The highest BCUT2D eigenvalue weighted by atomic mass is 35.5. The SMILES string of the molecule is CCn1nc(C)c(CCC(=O)N[C@@H]2CCCc3c2[nH]c2c(Cl)cccc32)c1C. The number of H-pyrrole nitrogens is 1. The molecule has 1 aliphatic carbocycles. The van der Waals surface area contributed by atoms with E-state index in [0.29, 0.717) is 6.42 Å². The quantitative estimate of drug-likeness (QED) is 0.649. The number of aromatic nitrogens is 3. The van der Waals surface area contributed by atoms with Crippen LogP contribution in [0.1, 0.15) is 60.4 Å². The zero-order valence-electron chi connectivity index (χ0n) is 16.7. The number of nitrogens with zero attached hydrogens (tertiary/aromatic N) is 2. The molecule has 28 heavy (non-hydrogen) atoms. The predicted octanol–water partition coefficient (Wildman–Crippen LogP) is 4.78. The lowest BCUT2D eigenvalue weighted by atomic mass is 9.91. The van der Waals surface area contributed by atoms with Crippen LogP contribution in [0.15, 0.2) is 18.2 Å². The average Bonchev–Trinajstić information content (AvgIpc) is 3.19. The minimum absolute atomic E-state index is 0.0280. The van der Waals surface area contributed by atoms with Crippen LogP contribution >= 0.6 is 11.6 Å². The first-order chi connectivity index (χ1) is 13.5. The van der Waals surface area contributed by atoms with Crippen molar-refractivity contribution >= 4 is 28.4 Å². The van der Waals surface area contributed by atoms with Gasteiger partial charge in [0.15, 0.2) is 0 Å². The van der Waals surface area contributed by atoms with Crippen molar-refractivity contribution in [3.05, 3.63) is 51.4 Å². The normalized spacial score (nSPS) is 16.4. The van der Waals surface area contributed by atoms with Crippen molar-refractivity contribution in [1.82, 2.24) is 20.1 Å². The van der Waals surface area contributed by atoms with Crippen LogP contribution in [0.3, 0.4) is 0 Å². The minimum Gasteiger partial charge on any atom is -0.355 e. The number of carbonyl (C=O) groups excluding carboxylic acids is 1. The largest absolute Gasteiger partial charge is 0.355 e. The van der Waals surface area contributed by atoms with Gasteiger partial charge in [0, 0.05) is 29.7 Å². The van der Waals surface area contributed by atoms with E-state index in [0.717, 1.165) is 59.8 Å². The van der Waals surface area contributed by atoms with E-state index in [1.54, 1.807) is 0 Å². The Balaban J connectivity index is 1.49. The maximum Gasteiger partial charge on any atom is 0.220 e. The van der Waals surface area contributed by atoms with Crippen molar-refractivity contribution in [1.29, 1.82) is 0 Å². The Hall–Kier alpha value is -2.27. The molecule has 0 aliphatic heterocycles. The van der Waals surface area contributed by atoms with Crippen LogP contribution in [0.5, 0.6) is 0 Å². The summed E-state index contributed by atoms with van der Waals surface area (Å²) in [5.74, 6) is 0.0886. The van der Waals surface area contributed by atoms with Gasteiger partial charge in [-0.15, -0.1) is 0 Å². The molecule has 1 amide bonds. The Morgan fingerprint density at radius 3 is 2.96 bits per heavy atom. The summed E-state index contributed by atoms with van der Waals surface area (Å²) in [7, 11) is 0. The third kappa shape index (κ3) is 3.32. The van der Waals surface area contributed by atoms with Crippen molar-refractivity contribution in [2.24, 2.45) is 0 Å². The number of hydrogen-bond donors (Lipinski definition) is 2. The number of amides is 1. The van der Waals surface area contributed by atoms with Crippen molar-refractivity contribution in [3.8, 4) is 0 Å². The fraction of sp³-hybridized carbons (Fsp3) is 0.455. The van der Waals surface area contributed by atoms with Gasteiger partial charge in [0.1, 0.15) is 0 Å². The molecule has 2 aromatic heterocycles. The second-order valence-corrected chi connectivity index (χ2v) is 8.06. The van der Waals surface area contributed by atoms with E-state index in [1.807, 2.05) is 23.7 Å². The zero-order chi connectivity index (χ0) is 19.8. The van der Waals surface area contributed by atoms with Crippen molar-refractivity contribution in [3.63, 3.8) is 0 Å². The molecule has 0 unspecified atom stereocenters. The second-order valence-electron chi connectivity index (χ2n) is 7.66. The Bertz CT molecular complexity index is 1030. The summed E-state index contributed by atoms with van der Waals surface area (Å²) in [6.45, 7) is 7.04.